The van der Waals surface area contributed by atoms with Crippen LogP contribution in [0, 0.1) is 17.8 Å². The Morgan fingerprint density at radius 1 is 0.902 bits per heavy atom. The molecule has 224 valence electrons. The van der Waals surface area contributed by atoms with Crippen molar-refractivity contribution in [1.29, 1.82) is 0 Å². The predicted molar refractivity (Wildman–Crippen MR) is 151 cm³/mol. The molecule has 6 N–H and O–H groups in total. The van der Waals surface area contributed by atoms with Crippen LogP contribution in [0.4, 0.5) is 0 Å². The first-order valence-electron chi connectivity index (χ1n) is 13.8. The standard InChI is InChI=1S/C31H41NO9/c1-38-26-12-18(6-8-23(26)34)7-9-25(41-17-33)29-20(15-21-5-4-10-32-21)16-24(35)22(30(29)36)11-19-13-27(39-2)31(37)28(14-19)40-3/h4-6,8,10,12-14,20,22,24-25,29-30,32-37H,7,9,11,15-17H2,1-3H3. The molecule has 1 saturated carbocycles. The van der Waals surface area contributed by atoms with E-state index < -0.39 is 36.9 Å². The number of methoxy groups -OCH3 is 3. The van der Waals surface area contributed by atoms with Crippen LogP contribution in [0.2, 0.25) is 0 Å². The van der Waals surface area contributed by atoms with Gasteiger partial charge in [0.25, 0.3) is 0 Å². The second-order valence-corrected chi connectivity index (χ2v) is 10.6. The number of aryl methyl sites for hydroxylation is 1. The van der Waals surface area contributed by atoms with Gasteiger partial charge in [-0.1, -0.05) is 6.07 Å². The lowest BCUT2D eigenvalue weighted by Crippen LogP contribution is -2.53. The van der Waals surface area contributed by atoms with E-state index in [0.717, 1.165) is 16.8 Å². The van der Waals surface area contributed by atoms with Crippen LogP contribution in [0.1, 0.15) is 29.7 Å². The van der Waals surface area contributed by atoms with Gasteiger partial charge in [0.05, 0.1) is 39.6 Å². The summed E-state index contributed by atoms with van der Waals surface area (Å²) in [7, 11) is 4.39. The van der Waals surface area contributed by atoms with E-state index in [-0.39, 0.29) is 28.9 Å². The predicted octanol–water partition coefficient (Wildman–Crippen LogP) is 3.18. The summed E-state index contributed by atoms with van der Waals surface area (Å²) in [4.78, 5) is 3.22. The van der Waals surface area contributed by atoms with E-state index >= 15 is 0 Å². The maximum absolute atomic E-state index is 11.9. The zero-order valence-corrected chi connectivity index (χ0v) is 23.7. The summed E-state index contributed by atoms with van der Waals surface area (Å²) in [6, 6.07) is 12.4. The molecule has 41 heavy (non-hydrogen) atoms. The molecule has 4 rings (SSSR count). The number of aromatic amines is 1. The zero-order valence-electron chi connectivity index (χ0n) is 23.7. The molecule has 1 heterocycles. The quantitative estimate of drug-likeness (QED) is 0.170. The second-order valence-electron chi connectivity index (χ2n) is 10.6. The number of ether oxygens (including phenoxy) is 4. The lowest BCUT2D eigenvalue weighted by atomic mass is 9.65. The SMILES string of the molecule is COc1cc(CCC(OCO)C2C(Cc3ccc[nH]3)CC(O)C(Cc3cc(OC)c(O)c(OC)c3)C2O)ccc1O. The number of benzene rings is 2. The maximum atomic E-state index is 11.9. The van der Waals surface area contributed by atoms with Gasteiger partial charge in [-0.25, -0.2) is 0 Å². The Balaban J connectivity index is 1.63. The first-order valence-corrected chi connectivity index (χ1v) is 13.8. The first-order chi connectivity index (χ1) is 19.8. The molecule has 1 aliphatic carbocycles. The van der Waals surface area contributed by atoms with E-state index in [1.165, 1.54) is 21.3 Å². The molecule has 1 aliphatic rings. The molecule has 0 saturated heterocycles. The van der Waals surface area contributed by atoms with Crippen molar-refractivity contribution in [3.05, 3.63) is 65.5 Å². The summed E-state index contributed by atoms with van der Waals surface area (Å²) < 4.78 is 21.7. The number of nitrogens with one attached hydrogen (secondary N) is 1. The highest BCUT2D eigenvalue weighted by molar-refractivity contribution is 5.53. The van der Waals surface area contributed by atoms with Crippen LogP contribution in [0.5, 0.6) is 28.7 Å². The highest BCUT2D eigenvalue weighted by Crippen LogP contribution is 2.43. The van der Waals surface area contributed by atoms with Crippen molar-refractivity contribution in [2.45, 2.75) is 50.4 Å². The molecule has 0 amide bonds. The Morgan fingerprint density at radius 3 is 2.20 bits per heavy atom. The highest BCUT2D eigenvalue weighted by atomic mass is 16.6. The summed E-state index contributed by atoms with van der Waals surface area (Å²) in [5.74, 6) is -0.299. The summed E-state index contributed by atoms with van der Waals surface area (Å²) in [6.07, 6.45) is 1.93. The van der Waals surface area contributed by atoms with Gasteiger partial charge in [-0.3, -0.25) is 0 Å². The number of phenolic OH excluding ortho intramolecular Hbond substituents is 2. The molecule has 0 spiro atoms. The molecule has 6 atom stereocenters. The van der Waals surface area contributed by atoms with Crippen LogP contribution in [-0.4, -0.2) is 77.0 Å². The molecule has 3 aromatic rings. The molecular formula is C31H41NO9. The van der Waals surface area contributed by atoms with Gasteiger partial charge >= 0.3 is 0 Å². The van der Waals surface area contributed by atoms with Gasteiger partial charge in [0.15, 0.2) is 23.0 Å². The molecular weight excluding hydrogens is 530 g/mol. The van der Waals surface area contributed by atoms with Gasteiger partial charge in [-0.2, -0.15) is 0 Å². The van der Waals surface area contributed by atoms with Crippen molar-refractivity contribution < 1.29 is 44.5 Å². The smallest absolute Gasteiger partial charge is 0.200 e. The summed E-state index contributed by atoms with van der Waals surface area (Å²) in [6.45, 7) is -0.512. The minimum Gasteiger partial charge on any atom is -0.504 e. The topological polar surface area (TPSA) is 154 Å². The summed E-state index contributed by atoms with van der Waals surface area (Å²) in [5.41, 5.74) is 2.63. The van der Waals surface area contributed by atoms with Gasteiger partial charge in [0, 0.05) is 23.7 Å². The minimum atomic E-state index is -0.963. The number of rotatable bonds is 13. The number of H-pyrrole nitrogens is 1. The third kappa shape index (κ3) is 7.08. The minimum absolute atomic E-state index is 0.0486. The Bertz CT molecular complexity index is 1220. The van der Waals surface area contributed by atoms with Crippen molar-refractivity contribution >= 4 is 0 Å². The Morgan fingerprint density at radius 2 is 1.59 bits per heavy atom. The normalized spacial score (nSPS) is 23.2. The number of aromatic hydroxyl groups is 2. The highest BCUT2D eigenvalue weighted by Gasteiger charge is 2.47. The number of hydrogen-bond acceptors (Lipinski definition) is 9. The molecule has 2 aromatic carbocycles. The number of hydrogen-bond donors (Lipinski definition) is 6. The second kappa shape index (κ2) is 14.0. The third-order valence-electron chi connectivity index (χ3n) is 8.25. The number of aromatic nitrogens is 1. The van der Waals surface area contributed by atoms with Crippen molar-refractivity contribution in [2.75, 3.05) is 28.1 Å². The summed E-state index contributed by atoms with van der Waals surface area (Å²) in [5, 5.41) is 53.4. The van der Waals surface area contributed by atoms with Crippen molar-refractivity contribution in [1.82, 2.24) is 4.98 Å². The third-order valence-corrected chi connectivity index (χ3v) is 8.25. The molecule has 10 nitrogen and oxygen atoms in total. The number of aliphatic hydroxyl groups is 3. The fraction of sp³-hybridized carbons (Fsp3) is 0.484. The monoisotopic (exact) mass is 571 g/mol. The van der Waals surface area contributed by atoms with E-state index in [1.54, 1.807) is 30.3 Å². The Kier molecular flexibility index (Phi) is 10.4. The van der Waals surface area contributed by atoms with E-state index in [1.807, 2.05) is 18.3 Å². The van der Waals surface area contributed by atoms with Crippen molar-refractivity contribution in [3.63, 3.8) is 0 Å². The van der Waals surface area contributed by atoms with Gasteiger partial charge < -0.3 is 49.5 Å². The van der Waals surface area contributed by atoms with Crippen LogP contribution >= 0.6 is 0 Å². The summed E-state index contributed by atoms with van der Waals surface area (Å²) >= 11 is 0. The molecule has 1 aromatic heterocycles. The van der Waals surface area contributed by atoms with Crippen LogP contribution in [-0.2, 0) is 24.0 Å². The van der Waals surface area contributed by atoms with E-state index in [0.29, 0.717) is 37.9 Å². The van der Waals surface area contributed by atoms with Crippen molar-refractivity contribution in [3.8, 4) is 28.7 Å². The lowest BCUT2D eigenvalue weighted by Gasteiger charge is -2.46. The van der Waals surface area contributed by atoms with Gasteiger partial charge in [0.2, 0.25) is 5.75 Å². The molecule has 1 fully saturated rings. The maximum Gasteiger partial charge on any atom is 0.200 e. The zero-order chi connectivity index (χ0) is 29.5. The number of phenols is 2. The van der Waals surface area contributed by atoms with E-state index in [2.05, 4.69) is 4.98 Å². The van der Waals surface area contributed by atoms with Gasteiger partial charge in [-0.15, -0.1) is 0 Å². The molecule has 10 heteroatoms. The van der Waals surface area contributed by atoms with Crippen LogP contribution in [0.25, 0.3) is 0 Å². The molecule has 6 unspecified atom stereocenters. The van der Waals surface area contributed by atoms with E-state index in [4.69, 9.17) is 18.9 Å². The van der Waals surface area contributed by atoms with Crippen LogP contribution < -0.4 is 14.2 Å². The lowest BCUT2D eigenvalue weighted by molar-refractivity contribution is -0.156. The van der Waals surface area contributed by atoms with Crippen LogP contribution in [0.3, 0.4) is 0 Å². The average molecular weight is 572 g/mol. The fourth-order valence-electron chi connectivity index (χ4n) is 6.22. The van der Waals surface area contributed by atoms with Crippen LogP contribution in [0.15, 0.2) is 48.7 Å². The van der Waals surface area contributed by atoms with Gasteiger partial charge in [0.1, 0.15) is 6.79 Å². The van der Waals surface area contributed by atoms with Gasteiger partial charge in [-0.05, 0) is 85.5 Å². The molecule has 0 aliphatic heterocycles. The molecule has 0 radical (unpaired) electrons. The first kappa shape index (κ1) is 30.5. The number of aliphatic hydroxyl groups excluding tert-OH is 3. The van der Waals surface area contributed by atoms with E-state index in [9.17, 15) is 25.5 Å². The Hall–Kier alpha value is -3.44. The largest absolute Gasteiger partial charge is 0.504 e. The Labute approximate surface area is 240 Å². The molecule has 0 bridgehead atoms. The fourth-order valence-corrected chi connectivity index (χ4v) is 6.22. The van der Waals surface area contributed by atoms with Crippen molar-refractivity contribution in [2.24, 2.45) is 17.8 Å². The average Bonchev–Trinajstić information content (AvgIpc) is 3.48.